The van der Waals surface area contributed by atoms with E-state index in [4.69, 9.17) is 4.74 Å². The van der Waals surface area contributed by atoms with Crippen LogP contribution in [0, 0.1) is 17.3 Å². The number of fused-ring (bicyclic) bond motifs is 3. The number of nitrogens with zero attached hydrogens (tertiary/aromatic N) is 1. The summed E-state index contributed by atoms with van der Waals surface area (Å²) in [7, 11) is 0. The first kappa shape index (κ1) is 22.4. The van der Waals surface area contributed by atoms with Crippen molar-refractivity contribution >= 4 is 18.0 Å². The third kappa shape index (κ3) is 3.93. The second-order valence-electron chi connectivity index (χ2n) is 9.76. The molecule has 1 aliphatic heterocycles. The lowest BCUT2D eigenvalue weighted by Gasteiger charge is -2.23. The zero-order valence-corrected chi connectivity index (χ0v) is 19.3. The van der Waals surface area contributed by atoms with Gasteiger partial charge in [0, 0.05) is 31.5 Å². The van der Waals surface area contributed by atoms with E-state index in [9.17, 15) is 19.5 Å². The maximum Gasteiger partial charge on any atom is 0.407 e. The molecule has 7 heteroatoms. The van der Waals surface area contributed by atoms with Crippen LogP contribution in [0.15, 0.2) is 48.5 Å². The van der Waals surface area contributed by atoms with Crippen molar-refractivity contribution in [3.63, 3.8) is 0 Å². The van der Waals surface area contributed by atoms with Gasteiger partial charge in [-0.15, -0.1) is 0 Å². The average molecular weight is 463 g/mol. The number of aliphatic carboxylic acids is 1. The van der Waals surface area contributed by atoms with E-state index < -0.39 is 17.5 Å². The van der Waals surface area contributed by atoms with E-state index >= 15 is 0 Å². The molecule has 2 amide bonds. The highest BCUT2D eigenvalue weighted by Crippen LogP contribution is 2.45. The first-order chi connectivity index (χ1) is 16.4. The van der Waals surface area contributed by atoms with E-state index in [1.165, 1.54) is 22.3 Å². The lowest BCUT2D eigenvalue weighted by atomic mass is 9.84. The van der Waals surface area contributed by atoms with Crippen LogP contribution in [0.1, 0.15) is 43.2 Å². The van der Waals surface area contributed by atoms with Crippen molar-refractivity contribution in [3.05, 3.63) is 59.7 Å². The maximum atomic E-state index is 12.8. The van der Waals surface area contributed by atoms with Crippen LogP contribution >= 0.6 is 0 Å². The fraction of sp³-hybridized carbons (Fsp3) is 0.444. The smallest absolute Gasteiger partial charge is 0.407 e. The Balaban J connectivity index is 1.10. The van der Waals surface area contributed by atoms with Gasteiger partial charge in [-0.1, -0.05) is 55.5 Å². The van der Waals surface area contributed by atoms with Gasteiger partial charge in [0.05, 0.1) is 5.41 Å². The van der Waals surface area contributed by atoms with Gasteiger partial charge in [0.2, 0.25) is 5.91 Å². The molecule has 2 aromatic carbocycles. The molecule has 0 radical (unpaired) electrons. The number of likely N-dealkylation sites (tertiary alicyclic amines) is 1. The number of ether oxygens (including phenoxy) is 1. The molecule has 1 saturated heterocycles. The van der Waals surface area contributed by atoms with Gasteiger partial charge in [-0.05, 0) is 47.4 Å². The summed E-state index contributed by atoms with van der Waals surface area (Å²) in [6, 6.07) is 16.4. The second-order valence-corrected chi connectivity index (χ2v) is 9.76. The molecular formula is C27H30N2O5. The SMILES string of the molecule is CCC1(C(=O)O)CCN(C(=O)[C@H]2C[C@H]2CNC(=O)OCC2c3ccccc3-c3ccccc32)C1. The lowest BCUT2D eigenvalue weighted by Crippen LogP contribution is -2.37. The van der Waals surface area contributed by atoms with E-state index in [1.54, 1.807) is 4.90 Å². The number of hydrogen-bond donors (Lipinski definition) is 2. The molecule has 0 spiro atoms. The number of amides is 2. The van der Waals surface area contributed by atoms with E-state index in [0.717, 1.165) is 0 Å². The highest BCUT2D eigenvalue weighted by Gasteiger charge is 2.50. The Labute approximate surface area is 199 Å². The highest BCUT2D eigenvalue weighted by atomic mass is 16.5. The molecule has 5 rings (SSSR count). The molecule has 2 aromatic rings. The predicted molar refractivity (Wildman–Crippen MR) is 126 cm³/mol. The topological polar surface area (TPSA) is 95.9 Å². The van der Waals surface area contributed by atoms with Crippen LogP contribution in [0.3, 0.4) is 0 Å². The van der Waals surface area contributed by atoms with Gasteiger partial charge < -0.3 is 20.1 Å². The summed E-state index contributed by atoms with van der Waals surface area (Å²) in [6.07, 6.45) is 1.26. The second kappa shape index (κ2) is 8.78. The van der Waals surface area contributed by atoms with Gasteiger partial charge in [0.15, 0.2) is 0 Å². The Morgan fingerprint density at radius 2 is 1.74 bits per heavy atom. The molecule has 178 valence electrons. The summed E-state index contributed by atoms with van der Waals surface area (Å²) in [5, 5.41) is 12.4. The first-order valence-electron chi connectivity index (χ1n) is 12.0. The molecule has 2 fully saturated rings. The fourth-order valence-corrected chi connectivity index (χ4v) is 5.55. The Kier molecular flexibility index (Phi) is 5.80. The molecular weight excluding hydrogens is 432 g/mol. The largest absolute Gasteiger partial charge is 0.481 e. The van der Waals surface area contributed by atoms with E-state index in [2.05, 4.69) is 29.6 Å². The number of hydrogen-bond acceptors (Lipinski definition) is 4. The van der Waals surface area contributed by atoms with Crippen LogP contribution in [0.4, 0.5) is 4.79 Å². The molecule has 3 atom stereocenters. The molecule has 1 unspecified atom stereocenters. The van der Waals surface area contributed by atoms with Gasteiger partial charge in [0.25, 0.3) is 0 Å². The van der Waals surface area contributed by atoms with Crippen molar-refractivity contribution in [2.75, 3.05) is 26.2 Å². The van der Waals surface area contributed by atoms with Crippen molar-refractivity contribution in [1.29, 1.82) is 0 Å². The molecule has 0 aromatic heterocycles. The molecule has 7 nitrogen and oxygen atoms in total. The predicted octanol–water partition coefficient (Wildman–Crippen LogP) is 3.87. The van der Waals surface area contributed by atoms with Crippen molar-refractivity contribution < 1.29 is 24.2 Å². The maximum absolute atomic E-state index is 12.8. The number of carboxylic acids is 1. The minimum Gasteiger partial charge on any atom is -0.481 e. The molecule has 0 bridgehead atoms. The Bertz CT molecular complexity index is 1090. The number of carbonyl (C=O) groups is 3. The van der Waals surface area contributed by atoms with Gasteiger partial charge in [-0.3, -0.25) is 9.59 Å². The van der Waals surface area contributed by atoms with Crippen molar-refractivity contribution in [2.24, 2.45) is 17.3 Å². The average Bonchev–Trinajstić information content (AvgIpc) is 3.37. The van der Waals surface area contributed by atoms with Gasteiger partial charge >= 0.3 is 12.1 Å². The zero-order chi connectivity index (χ0) is 23.9. The number of alkyl carbamates (subject to hydrolysis) is 1. The fourth-order valence-electron chi connectivity index (χ4n) is 5.55. The van der Waals surface area contributed by atoms with E-state index in [0.29, 0.717) is 32.4 Å². The molecule has 1 heterocycles. The van der Waals surface area contributed by atoms with Crippen molar-refractivity contribution in [1.82, 2.24) is 10.2 Å². The Morgan fingerprint density at radius 3 is 2.32 bits per heavy atom. The van der Waals surface area contributed by atoms with Gasteiger partial charge in [0.1, 0.15) is 6.61 Å². The standard InChI is InChI=1S/C27H30N2O5/c1-2-27(25(31)32)11-12-29(16-27)24(30)22-13-17(22)14-28-26(33)34-15-23-20-9-5-3-7-18(20)19-8-4-6-10-21(19)23/h3-10,17,22-23H,2,11-16H2,1H3,(H,28,33)(H,31,32)/t17-,22-,27?/m0/s1. The monoisotopic (exact) mass is 462 g/mol. The summed E-state index contributed by atoms with van der Waals surface area (Å²) in [5.74, 6) is -0.869. The number of carboxylic acid groups (broad SMARTS) is 1. The van der Waals surface area contributed by atoms with Crippen molar-refractivity contribution in [2.45, 2.75) is 32.1 Å². The lowest BCUT2D eigenvalue weighted by molar-refractivity contribution is -0.148. The molecule has 1 saturated carbocycles. The summed E-state index contributed by atoms with van der Waals surface area (Å²) in [5.41, 5.74) is 3.88. The third-order valence-electron chi connectivity index (χ3n) is 7.89. The van der Waals surface area contributed by atoms with Crippen LogP contribution in [-0.4, -0.2) is 54.2 Å². The normalized spacial score (nSPS) is 24.9. The van der Waals surface area contributed by atoms with E-state index in [1.807, 2.05) is 31.2 Å². The summed E-state index contributed by atoms with van der Waals surface area (Å²) in [4.78, 5) is 38.5. The third-order valence-corrected chi connectivity index (χ3v) is 7.89. The van der Waals surface area contributed by atoms with Gasteiger partial charge in [-0.2, -0.15) is 0 Å². The number of carbonyl (C=O) groups excluding carboxylic acids is 2. The Morgan fingerprint density at radius 1 is 1.09 bits per heavy atom. The van der Waals surface area contributed by atoms with Gasteiger partial charge in [-0.25, -0.2) is 4.79 Å². The van der Waals surface area contributed by atoms with Crippen LogP contribution in [0.2, 0.25) is 0 Å². The number of benzene rings is 2. The first-order valence-corrected chi connectivity index (χ1v) is 12.0. The summed E-state index contributed by atoms with van der Waals surface area (Å²) in [6.45, 7) is 3.27. The van der Waals surface area contributed by atoms with Crippen LogP contribution in [-0.2, 0) is 14.3 Å². The highest BCUT2D eigenvalue weighted by molar-refractivity contribution is 5.84. The molecule has 34 heavy (non-hydrogen) atoms. The van der Waals surface area contributed by atoms with E-state index in [-0.39, 0.29) is 36.8 Å². The molecule has 2 aliphatic carbocycles. The zero-order valence-electron chi connectivity index (χ0n) is 19.3. The minimum absolute atomic E-state index is 0.0101. The Hall–Kier alpha value is -3.35. The van der Waals surface area contributed by atoms with Crippen molar-refractivity contribution in [3.8, 4) is 11.1 Å². The van der Waals surface area contributed by atoms with Crippen LogP contribution in [0.25, 0.3) is 11.1 Å². The summed E-state index contributed by atoms with van der Waals surface area (Å²) >= 11 is 0. The quantitative estimate of drug-likeness (QED) is 0.651. The minimum atomic E-state index is -0.824. The summed E-state index contributed by atoms with van der Waals surface area (Å²) < 4.78 is 5.57. The van der Waals surface area contributed by atoms with Crippen LogP contribution in [0.5, 0.6) is 0 Å². The van der Waals surface area contributed by atoms with Crippen LogP contribution < -0.4 is 5.32 Å². The number of nitrogens with one attached hydrogen (secondary N) is 1. The molecule has 2 N–H and O–H groups in total. The molecule has 3 aliphatic rings. The number of rotatable bonds is 7.